The molecule has 8 heteroatoms. The van der Waals surface area contributed by atoms with Gasteiger partial charge in [-0.1, -0.05) is 35.9 Å². The van der Waals surface area contributed by atoms with Crippen LogP contribution in [-0.2, 0) is 0 Å². The Hall–Kier alpha value is -4.30. The molecule has 1 aliphatic rings. The number of aryl methyl sites for hydroxylation is 1. The van der Waals surface area contributed by atoms with E-state index in [0.717, 1.165) is 48.3 Å². The number of carbonyl (C=O) groups excluding carboxylic acids is 1. The molecule has 5 rings (SSSR count). The first-order valence-corrected chi connectivity index (χ1v) is 12.2. The molecule has 1 heterocycles. The molecule has 38 heavy (non-hydrogen) atoms. The van der Waals surface area contributed by atoms with Gasteiger partial charge in [0.15, 0.2) is 17.4 Å². The molecule has 5 nitrogen and oxygen atoms in total. The molecule has 4 aromatic carbocycles. The molecule has 4 aromatic rings. The number of ether oxygens (including phenoxy) is 1. The second-order valence-electron chi connectivity index (χ2n) is 9.18. The van der Waals surface area contributed by atoms with Gasteiger partial charge in [-0.25, -0.2) is 8.78 Å². The summed E-state index contributed by atoms with van der Waals surface area (Å²) in [5.41, 5.74) is 3.88. The molecular weight excluding hydrogens is 493 g/mol. The molecular formula is C30H25F3N2O3. The molecule has 2 N–H and O–H groups in total. The van der Waals surface area contributed by atoms with Crippen molar-refractivity contribution in [3.63, 3.8) is 0 Å². The van der Waals surface area contributed by atoms with E-state index < -0.39 is 17.5 Å². The van der Waals surface area contributed by atoms with Crippen molar-refractivity contribution < 1.29 is 27.8 Å². The van der Waals surface area contributed by atoms with Gasteiger partial charge in [-0.2, -0.15) is 0 Å². The molecule has 1 unspecified atom stereocenters. The number of rotatable bonds is 7. The normalized spacial score (nSPS) is 14.8. The van der Waals surface area contributed by atoms with Crippen LogP contribution >= 0.6 is 0 Å². The third-order valence-electron chi connectivity index (χ3n) is 6.46. The van der Waals surface area contributed by atoms with E-state index in [0.29, 0.717) is 11.4 Å². The number of carbonyl (C=O) groups is 1. The molecule has 0 radical (unpaired) electrons. The van der Waals surface area contributed by atoms with Crippen LogP contribution in [0.25, 0.3) is 22.3 Å². The predicted molar refractivity (Wildman–Crippen MR) is 140 cm³/mol. The van der Waals surface area contributed by atoms with Gasteiger partial charge in [0.1, 0.15) is 11.9 Å². The Labute approximate surface area is 218 Å². The summed E-state index contributed by atoms with van der Waals surface area (Å²) in [6.45, 7) is 3.68. The Morgan fingerprint density at radius 3 is 2.32 bits per heavy atom. The van der Waals surface area contributed by atoms with E-state index >= 15 is 0 Å². The highest BCUT2D eigenvalue weighted by molar-refractivity contribution is 6.05. The van der Waals surface area contributed by atoms with E-state index in [1.165, 1.54) is 24.3 Å². The molecule has 1 aliphatic heterocycles. The third kappa shape index (κ3) is 5.50. The predicted octanol–water partition coefficient (Wildman–Crippen LogP) is 6.86. The third-order valence-corrected chi connectivity index (χ3v) is 6.46. The van der Waals surface area contributed by atoms with Gasteiger partial charge in [0.05, 0.1) is 0 Å². The van der Waals surface area contributed by atoms with Gasteiger partial charge in [-0.05, 0) is 79.5 Å². The van der Waals surface area contributed by atoms with Crippen molar-refractivity contribution in [2.75, 3.05) is 18.4 Å². The summed E-state index contributed by atoms with van der Waals surface area (Å²) in [6, 6.07) is 20.6. The average molecular weight is 519 g/mol. The molecule has 1 amide bonds. The first-order valence-electron chi connectivity index (χ1n) is 12.2. The average Bonchev–Trinajstić information content (AvgIpc) is 3.44. The fraction of sp³-hybridized carbons (Fsp3) is 0.167. The fourth-order valence-corrected chi connectivity index (χ4v) is 4.41. The van der Waals surface area contributed by atoms with Gasteiger partial charge in [0.2, 0.25) is 0 Å². The van der Waals surface area contributed by atoms with Gasteiger partial charge < -0.3 is 15.4 Å². The van der Waals surface area contributed by atoms with Crippen molar-refractivity contribution in [2.24, 2.45) is 0 Å². The van der Waals surface area contributed by atoms with Crippen molar-refractivity contribution in [2.45, 2.75) is 19.4 Å². The summed E-state index contributed by atoms with van der Waals surface area (Å²) in [6.07, 6.45) is 0.968. The zero-order valence-electron chi connectivity index (χ0n) is 20.6. The first kappa shape index (κ1) is 25.4. The molecule has 1 fully saturated rings. The van der Waals surface area contributed by atoms with Gasteiger partial charge in [0, 0.05) is 33.4 Å². The fourth-order valence-electron chi connectivity index (χ4n) is 4.41. The lowest BCUT2D eigenvalue weighted by molar-refractivity contribution is -0.00547. The van der Waals surface area contributed by atoms with Crippen LogP contribution < -0.4 is 20.3 Å². The lowest BCUT2D eigenvalue weighted by atomic mass is 10.0. The number of hydrogen-bond donors (Lipinski definition) is 2. The molecule has 0 aliphatic carbocycles. The van der Waals surface area contributed by atoms with Crippen LogP contribution in [0.3, 0.4) is 0 Å². The van der Waals surface area contributed by atoms with Crippen molar-refractivity contribution >= 4 is 11.6 Å². The second-order valence-corrected chi connectivity index (χ2v) is 9.18. The van der Waals surface area contributed by atoms with Crippen molar-refractivity contribution in [1.29, 1.82) is 0 Å². The topological polar surface area (TPSA) is 59.6 Å². The number of benzene rings is 4. The van der Waals surface area contributed by atoms with Gasteiger partial charge >= 0.3 is 0 Å². The summed E-state index contributed by atoms with van der Waals surface area (Å²) in [4.78, 5) is 17.1. The zero-order chi connectivity index (χ0) is 26.6. The van der Waals surface area contributed by atoms with E-state index in [4.69, 9.17) is 4.74 Å². The zero-order valence-corrected chi connectivity index (χ0v) is 20.6. The number of hydrogen-bond acceptors (Lipinski definition) is 4. The minimum Gasteiger partial charge on any atom is -0.488 e. The van der Waals surface area contributed by atoms with Crippen LogP contribution in [-0.4, -0.2) is 25.1 Å². The lowest BCUT2D eigenvalue weighted by Crippen LogP contribution is -2.20. The largest absolute Gasteiger partial charge is 0.488 e. The SMILES string of the molecule is Cc1ccc(-c2cc(NC(=O)c3ccc(OF)c(-c4ccc(F)c(F)c4)c3)ccc2OC2CCNC2)cc1. The minimum atomic E-state index is -1.10. The lowest BCUT2D eigenvalue weighted by Gasteiger charge is -2.18. The molecule has 0 spiro atoms. The summed E-state index contributed by atoms with van der Waals surface area (Å²) in [7, 11) is 0. The molecule has 0 bridgehead atoms. The summed E-state index contributed by atoms with van der Waals surface area (Å²) < 4.78 is 46.6. The maximum atomic E-state index is 13.8. The number of anilines is 1. The summed E-state index contributed by atoms with van der Waals surface area (Å²) in [5.74, 6) is -2.11. The van der Waals surface area contributed by atoms with Crippen LogP contribution in [0.5, 0.6) is 11.5 Å². The Kier molecular flexibility index (Phi) is 7.33. The number of nitrogens with one attached hydrogen (secondary N) is 2. The van der Waals surface area contributed by atoms with E-state index in [2.05, 4.69) is 15.6 Å². The maximum Gasteiger partial charge on any atom is 0.255 e. The van der Waals surface area contributed by atoms with Gasteiger partial charge in [0.25, 0.3) is 5.91 Å². The van der Waals surface area contributed by atoms with Gasteiger partial charge in [-0.3, -0.25) is 9.74 Å². The highest BCUT2D eigenvalue weighted by atomic mass is 19.3. The molecule has 194 valence electrons. The maximum absolute atomic E-state index is 13.8. The molecule has 1 saturated heterocycles. The van der Waals surface area contributed by atoms with Crippen LogP contribution in [0.1, 0.15) is 22.3 Å². The van der Waals surface area contributed by atoms with Crippen molar-refractivity contribution in [3.05, 3.63) is 102 Å². The van der Waals surface area contributed by atoms with Crippen molar-refractivity contribution in [1.82, 2.24) is 5.32 Å². The van der Waals surface area contributed by atoms with Crippen LogP contribution in [0.15, 0.2) is 78.9 Å². The highest BCUT2D eigenvalue weighted by Crippen LogP contribution is 2.35. The van der Waals surface area contributed by atoms with E-state index in [9.17, 15) is 18.1 Å². The molecule has 1 atom stereocenters. The molecule has 0 saturated carbocycles. The first-order chi connectivity index (χ1) is 18.4. The summed E-state index contributed by atoms with van der Waals surface area (Å²) >= 11 is 0. The highest BCUT2D eigenvalue weighted by Gasteiger charge is 2.19. The Balaban J connectivity index is 1.45. The Morgan fingerprint density at radius 1 is 0.868 bits per heavy atom. The van der Waals surface area contributed by atoms with Gasteiger partial charge in [-0.15, -0.1) is 0 Å². The van der Waals surface area contributed by atoms with E-state index in [1.54, 1.807) is 6.07 Å². The number of amides is 1. The Morgan fingerprint density at radius 2 is 1.61 bits per heavy atom. The van der Waals surface area contributed by atoms with Crippen LogP contribution in [0.2, 0.25) is 0 Å². The molecule has 0 aromatic heterocycles. The summed E-state index contributed by atoms with van der Waals surface area (Å²) in [5, 5.41) is 6.15. The van der Waals surface area contributed by atoms with Crippen LogP contribution in [0.4, 0.5) is 19.0 Å². The quantitative estimate of drug-likeness (QED) is 0.281. The minimum absolute atomic E-state index is 0.0607. The van der Waals surface area contributed by atoms with E-state index in [1.807, 2.05) is 43.3 Å². The standard InChI is InChI=1S/C30H25F3N2O3/c1-18-2-4-19(5-3-18)25-16-22(8-11-28(25)37-23-12-13-34-17-23)35-30(36)21-7-10-29(38-33)24(14-21)20-6-9-26(31)27(32)15-20/h2-11,14-16,23,34H,12-13,17H2,1H3,(H,35,36). The van der Waals surface area contributed by atoms with E-state index in [-0.39, 0.29) is 28.5 Å². The Bertz CT molecular complexity index is 1470. The number of halogens is 3. The second kappa shape index (κ2) is 11.0. The monoisotopic (exact) mass is 518 g/mol. The smallest absolute Gasteiger partial charge is 0.255 e. The van der Waals surface area contributed by atoms with Crippen molar-refractivity contribution in [3.8, 4) is 33.8 Å². The van der Waals surface area contributed by atoms with Crippen LogP contribution in [0, 0.1) is 18.6 Å².